The fourth-order valence-corrected chi connectivity index (χ4v) is 1.17. The van der Waals surface area contributed by atoms with Crippen LogP contribution in [0.15, 0.2) is 18.2 Å². The molecule has 0 aliphatic rings. The lowest BCUT2D eigenvalue weighted by Gasteiger charge is -2.12. The van der Waals surface area contributed by atoms with Gasteiger partial charge in [0.2, 0.25) is 0 Å². The first-order chi connectivity index (χ1) is 7.56. The molecule has 0 fully saturated rings. The van der Waals surface area contributed by atoms with E-state index in [1.807, 2.05) is 0 Å². The van der Waals surface area contributed by atoms with Crippen LogP contribution in [0.5, 0.6) is 11.5 Å². The number of ether oxygens (including phenoxy) is 2. The fourth-order valence-electron chi connectivity index (χ4n) is 1.17. The average molecular weight is 224 g/mol. The quantitative estimate of drug-likeness (QED) is 0.497. The van der Waals surface area contributed by atoms with Crippen molar-refractivity contribution < 1.29 is 19.4 Å². The molecule has 0 saturated carbocycles. The zero-order valence-corrected chi connectivity index (χ0v) is 8.69. The third-order valence-electron chi connectivity index (χ3n) is 1.83. The molecule has 0 heterocycles. The van der Waals surface area contributed by atoms with Gasteiger partial charge in [0, 0.05) is 0 Å². The summed E-state index contributed by atoms with van der Waals surface area (Å²) >= 11 is 0. The molecular formula is C10H12N2O4. The Morgan fingerprint density at radius 2 is 2.25 bits per heavy atom. The molecule has 6 heteroatoms. The number of amidine groups is 1. The Kier molecular flexibility index (Phi) is 3.71. The highest BCUT2D eigenvalue weighted by atomic mass is 16.5. The van der Waals surface area contributed by atoms with E-state index < -0.39 is 12.6 Å². The number of carboxylic acids is 1. The zero-order valence-electron chi connectivity index (χ0n) is 8.69. The third-order valence-corrected chi connectivity index (χ3v) is 1.83. The molecule has 1 aromatic rings. The molecule has 86 valence electrons. The molecular weight excluding hydrogens is 212 g/mol. The molecule has 0 bridgehead atoms. The van der Waals surface area contributed by atoms with Gasteiger partial charge in [-0.25, -0.2) is 4.79 Å². The van der Waals surface area contributed by atoms with E-state index in [0.29, 0.717) is 11.3 Å². The molecule has 0 radical (unpaired) electrons. The van der Waals surface area contributed by atoms with E-state index in [4.69, 9.17) is 25.7 Å². The number of aliphatic carboxylic acids is 1. The van der Waals surface area contributed by atoms with Crippen LogP contribution in [0.1, 0.15) is 5.56 Å². The minimum absolute atomic E-state index is 0.167. The smallest absolute Gasteiger partial charge is 0.341 e. The molecule has 1 aromatic carbocycles. The van der Waals surface area contributed by atoms with Crippen LogP contribution in [-0.2, 0) is 4.79 Å². The second-order valence-electron chi connectivity index (χ2n) is 2.93. The van der Waals surface area contributed by atoms with Crippen LogP contribution in [0, 0.1) is 5.41 Å². The molecule has 6 nitrogen and oxygen atoms in total. The van der Waals surface area contributed by atoms with Gasteiger partial charge in [0.05, 0.1) is 12.7 Å². The Morgan fingerprint density at radius 3 is 2.75 bits per heavy atom. The second-order valence-corrected chi connectivity index (χ2v) is 2.93. The van der Waals surface area contributed by atoms with E-state index in [1.165, 1.54) is 7.11 Å². The Hall–Kier alpha value is -2.24. The largest absolute Gasteiger partial charge is 0.493 e. The van der Waals surface area contributed by atoms with Crippen molar-refractivity contribution in [1.29, 1.82) is 5.41 Å². The first-order valence-corrected chi connectivity index (χ1v) is 4.42. The molecule has 0 atom stereocenters. The minimum atomic E-state index is -1.11. The number of nitrogen functional groups attached to an aromatic ring is 1. The Labute approximate surface area is 92.1 Å². The molecule has 0 saturated heterocycles. The van der Waals surface area contributed by atoms with Crippen molar-refractivity contribution in [3.8, 4) is 11.5 Å². The number of carbonyl (C=O) groups is 1. The maximum Gasteiger partial charge on any atom is 0.341 e. The summed E-state index contributed by atoms with van der Waals surface area (Å²) < 4.78 is 10.0. The van der Waals surface area contributed by atoms with Gasteiger partial charge in [-0.3, -0.25) is 5.41 Å². The summed E-state index contributed by atoms with van der Waals surface area (Å²) in [6.07, 6.45) is 0. The van der Waals surface area contributed by atoms with Crippen LogP contribution in [0.25, 0.3) is 0 Å². The molecule has 0 aliphatic carbocycles. The van der Waals surface area contributed by atoms with Crippen LogP contribution < -0.4 is 15.2 Å². The van der Waals surface area contributed by atoms with Crippen LogP contribution >= 0.6 is 0 Å². The number of benzene rings is 1. The lowest BCUT2D eigenvalue weighted by atomic mass is 10.1. The van der Waals surface area contributed by atoms with Crippen LogP contribution in [-0.4, -0.2) is 30.6 Å². The summed E-state index contributed by atoms with van der Waals surface area (Å²) in [7, 11) is 1.42. The fraction of sp³-hybridized carbons (Fsp3) is 0.200. The second kappa shape index (κ2) is 5.01. The van der Waals surface area contributed by atoms with E-state index in [2.05, 4.69) is 0 Å². The number of nitrogens with one attached hydrogen (secondary N) is 1. The van der Waals surface area contributed by atoms with Gasteiger partial charge in [-0.05, 0) is 12.1 Å². The lowest BCUT2D eigenvalue weighted by Crippen LogP contribution is -2.16. The number of nitrogens with two attached hydrogens (primary N) is 1. The number of hydrogen-bond acceptors (Lipinski definition) is 4. The van der Waals surface area contributed by atoms with Gasteiger partial charge in [0.25, 0.3) is 0 Å². The van der Waals surface area contributed by atoms with Gasteiger partial charge >= 0.3 is 5.97 Å². The van der Waals surface area contributed by atoms with Gasteiger partial charge in [-0.15, -0.1) is 0 Å². The summed E-state index contributed by atoms with van der Waals surface area (Å²) in [5.74, 6) is -0.812. The predicted molar refractivity (Wildman–Crippen MR) is 57.1 cm³/mol. The van der Waals surface area contributed by atoms with Crippen LogP contribution in [0.3, 0.4) is 0 Å². The topological polar surface area (TPSA) is 106 Å². The van der Waals surface area contributed by atoms with E-state index in [9.17, 15) is 4.79 Å². The molecule has 1 rings (SSSR count). The predicted octanol–water partition coefficient (Wildman–Crippen LogP) is 0.443. The minimum Gasteiger partial charge on any atom is -0.493 e. The lowest BCUT2D eigenvalue weighted by molar-refractivity contribution is -0.139. The Balaban J connectivity index is 3.09. The van der Waals surface area contributed by atoms with Crippen molar-refractivity contribution in [3.05, 3.63) is 23.8 Å². The summed E-state index contributed by atoms with van der Waals surface area (Å²) in [5.41, 5.74) is 5.65. The standard InChI is InChI=1S/C10H12N2O4/c1-15-7-4-2-3-6(10(11)12)9(7)16-5-8(13)14/h2-4H,5H2,1H3,(H3,11,12)(H,13,14). The number of para-hydroxylation sites is 1. The monoisotopic (exact) mass is 224 g/mol. The normalized spacial score (nSPS) is 9.56. The van der Waals surface area contributed by atoms with Crippen LogP contribution in [0.2, 0.25) is 0 Å². The van der Waals surface area contributed by atoms with E-state index in [0.717, 1.165) is 0 Å². The van der Waals surface area contributed by atoms with Crippen molar-refractivity contribution >= 4 is 11.8 Å². The number of carboxylic acid groups (broad SMARTS) is 1. The molecule has 0 aromatic heterocycles. The first kappa shape index (κ1) is 11.8. The van der Waals surface area contributed by atoms with Gasteiger partial charge in [0.15, 0.2) is 18.1 Å². The highest BCUT2D eigenvalue weighted by molar-refractivity contribution is 5.98. The average Bonchev–Trinajstić information content (AvgIpc) is 2.25. The molecule has 0 unspecified atom stereocenters. The molecule has 0 spiro atoms. The van der Waals surface area contributed by atoms with Gasteiger partial charge in [0.1, 0.15) is 5.84 Å². The molecule has 4 N–H and O–H groups in total. The molecule has 16 heavy (non-hydrogen) atoms. The number of hydrogen-bond donors (Lipinski definition) is 3. The van der Waals surface area contributed by atoms with Gasteiger partial charge < -0.3 is 20.3 Å². The Bertz CT molecular complexity index is 417. The van der Waals surface area contributed by atoms with E-state index in [-0.39, 0.29) is 11.6 Å². The van der Waals surface area contributed by atoms with Crippen molar-refractivity contribution in [2.75, 3.05) is 13.7 Å². The van der Waals surface area contributed by atoms with Crippen molar-refractivity contribution in [2.45, 2.75) is 0 Å². The van der Waals surface area contributed by atoms with Crippen molar-refractivity contribution in [3.63, 3.8) is 0 Å². The van der Waals surface area contributed by atoms with E-state index in [1.54, 1.807) is 18.2 Å². The van der Waals surface area contributed by atoms with Gasteiger partial charge in [-0.1, -0.05) is 6.07 Å². The summed E-state index contributed by atoms with van der Waals surface area (Å²) in [6.45, 7) is -0.513. The first-order valence-electron chi connectivity index (χ1n) is 4.42. The van der Waals surface area contributed by atoms with Crippen molar-refractivity contribution in [2.24, 2.45) is 5.73 Å². The third kappa shape index (κ3) is 2.63. The van der Waals surface area contributed by atoms with Crippen LogP contribution in [0.4, 0.5) is 0 Å². The van der Waals surface area contributed by atoms with Gasteiger partial charge in [-0.2, -0.15) is 0 Å². The maximum absolute atomic E-state index is 10.4. The number of rotatable bonds is 5. The molecule has 0 amide bonds. The summed E-state index contributed by atoms with van der Waals surface area (Å²) in [6, 6.07) is 4.80. The highest BCUT2D eigenvalue weighted by Gasteiger charge is 2.13. The molecule has 0 aliphatic heterocycles. The SMILES string of the molecule is COc1cccc(C(=N)N)c1OCC(=O)O. The maximum atomic E-state index is 10.4. The zero-order chi connectivity index (χ0) is 12.1. The Morgan fingerprint density at radius 1 is 1.56 bits per heavy atom. The number of methoxy groups -OCH3 is 1. The van der Waals surface area contributed by atoms with Crippen molar-refractivity contribution in [1.82, 2.24) is 0 Å². The van der Waals surface area contributed by atoms with E-state index >= 15 is 0 Å². The summed E-state index contributed by atoms with van der Waals surface area (Å²) in [4.78, 5) is 10.4. The highest BCUT2D eigenvalue weighted by Crippen LogP contribution is 2.30. The summed E-state index contributed by atoms with van der Waals surface area (Å²) in [5, 5.41) is 15.8.